The molecule has 0 bridgehead atoms. The van der Waals surface area contributed by atoms with Crippen molar-refractivity contribution >= 4 is 27.5 Å². The van der Waals surface area contributed by atoms with Crippen LogP contribution in [0, 0.1) is 11.3 Å². The van der Waals surface area contributed by atoms with Crippen molar-refractivity contribution in [2.75, 3.05) is 31.6 Å². The molecule has 0 radical (unpaired) electrons. The predicted octanol–water partition coefficient (Wildman–Crippen LogP) is 2.13. The number of morpholine rings is 1. The predicted molar refractivity (Wildman–Crippen MR) is 78.9 cm³/mol. The number of carbonyl (C=O) groups is 1. The molecule has 0 atom stereocenters. The van der Waals surface area contributed by atoms with E-state index in [-0.39, 0.29) is 11.5 Å². The van der Waals surface area contributed by atoms with Crippen molar-refractivity contribution in [2.45, 2.75) is 0 Å². The van der Waals surface area contributed by atoms with Gasteiger partial charge in [0.05, 0.1) is 18.9 Å². The van der Waals surface area contributed by atoms with Gasteiger partial charge in [-0.15, -0.1) is 0 Å². The molecular weight excluding hydrogens is 322 g/mol. The maximum atomic E-state index is 12.2. The molecule has 5 nitrogen and oxygen atoms in total. The number of hydrogen-bond donors (Lipinski definition) is 1. The number of carbonyl (C=O) groups excluding carboxylic acids is 1. The van der Waals surface area contributed by atoms with E-state index in [1.165, 1.54) is 6.20 Å². The molecule has 0 spiro atoms. The number of rotatable bonds is 3. The number of halogens is 1. The van der Waals surface area contributed by atoms with Crippen molar-refractivity contribution in [1.82, 2.24) is 4.90 Å². The summed E-state index contributed by atoms with van der Waals surface area (Å²) in [6, 6.07) is 9.44. The van der Waals surface area contributed by atoms with Crippen LogP contribution in [-0.2, 0) is 9.53 Å². The summed E-state index contributed by atoms with van der Waals surface area (Å²) >= 11 is 3.40. The van der Waals surface area contributed by atoms with E-state index in [0.717, 1.165) is 10.2 Å². The first kappa shape index (κ1) is 14.6. The first-order valence-electron chi connectivity index (χ1n) is 6.20. The van der Waals surface area contributed by atoms with Gasteiger partial charge in [-0.2, -0.15) is 5.26 Å². The van der Waals surface area contributed by atoms with Gasteiger partial charge in [0, 0.05) is 23.8 Å². The molecule has 104 valence electrons. The molecule has 1 aromatic rings. The SMILES string of the molecule is N#C/C(=C/Nc1ccccc1Br)C(=O)N1CCOCC1. The van der Waals surface area contributed by atoms with Crippen molar-refractivity contribution in [1.29, 1.82) is 5.26 Å². The van der Waals surface area contributed by atoms with Crippen LogP contribution < -0.4 is 5.32 Å². The summed E-state index contributed by atoms with van der Waals surface area (Å²) in [5.74, 6) is -0.268. The summed E-state index contributed by atoms with van der Waals surface area (Å²) in [5.41, 5.74) is 0.887. The summed E-state index contributed by atoms with van der Waals surface area (Å²) in [5, 5.41) is 12.1. The third-order valence-electron chi connectivity index (χ3n) is 2.90. The third-order valence-corrected chi connectivity index (χ3v) is 3.59. The minimum absolute atomic E-state index is 0.0858. The fourth-order valence-electron chi connectivity index (χ4n) is 1.81. The number of nitrogens with one attached hydrogen (secondary N) is 1. The zero-order valence-electron chi connectivity index (χ0n) is 10.8. The average molecular weight is 336 g/mol. The Balaban J connectivity index is 2.08. The summed E-state index contributed by atoms with van der Waals surface area (Å²) in [6.07, 6.45) is 1.44. The number of anilines is 1. The second-order valence-electron chi connectivity index (χ2n) is 4.20. The Morgan fingerprint density at radius 2 is 2.10 bits per heavy atom. The maximum absolute atomic E-state index is 12.2. The highest BCUT2D eigenvalue weighted by molar-refractivity contribution is 9.10. The molecule has 20 heavy (non-hydrogen) atoms. The molecule has 0 aliphatic carbocycles. The molecule has 1 aromatic carbocycles. The molecule has 1 amide bonds. The summed E-state index contributed by atoms with van der Waals surface area (Å²) in [4.78, 5) is 13.8. The summed E-state index contributed by atoms with van der Waals surface area (Å²) in [7, 11) is 0. The van der Waals surface area contributed by atoms with E-state index in [1.807, 2.05) is 30.3 Å². The lowest BCUT2D eigenvalue weighted by Crippen LogP contribution is -2.41. The quantitative estimate of drug-likeness (QED) is 0.678. The van der Waals surface area contributed by atoms with Crippen molar-refractivity contribution in [3.63, 3.8) is 0 Å². The molecule has 1 saturated heterocycles. The van der Waals surface area contributed by atoms with Gasteiger partial charge < -0.3 is 15.0 Å². The standard InChI is InChI=1S/C14H14BrN3O2/c15-12-3-1-2-4-13(12)17-10-11(9-16)14(19)18-5-7-20-8-6-18/h1-4,10,17H,5-8H2/b11-10-. The molecule has 1 N–H and O–H groups in total. The maximum Gasteiger partial charge on any atom is 0.266 e. The number of ether oxygens (including phenoxy) is 1. The van der Waals surface area contributed by atoms with E-state index in [0.29, 0.717) is 26.3 Å². The van der Waals surface area contributed by atoms with Gasteiger partial charge in [0.1, 0.15) is 11.6 Å². The first-order valence-corrected chi connectivity index (χ1v) is 7.00. The van der Waals surface area contributed by atoms with Crippen LogP contribution >= 0.6 is 15.9 Å². The number of benzene rings is 1. The Labute approximate surface area is 126 Å². The lowest BCUT2D eigenvalue weighted by atomic mass is 10.2. The molecule has 0 aromatic heterocycles. The Morgan fingerprint density at radius 1 is 1.40 bits per heavy atom. The summed E-state index contributed by atoms with van der Waals surface area (Å²) < 4.78 is 6.06. The molecule has 1 heterocycles. The molecular formula is C14H14BrN3O2. The topological polar surface area (TPSA) is 65.4 Å². The molecule has 1 fully saturated rings. The van der Waals surface area contributed by atoms with Gasteiger partial charge in [0.2, 0.25) is 0 Å². The average Bonchev–Trinajstić information content (AvgIpc) is 2.50. The van der Waals surface area contributed by atoms with Gasteiger partial charge in [0.25, 0.3) is 5.91 Å². The number of nitrogens with zero attached hydrogens (tertiary/aromatic N) is 2. The lowest BCUT2D eigenvalue weighted by Gasteiger charge is -2.26. The minimum atomic E-state index is -0.268. The first-order chi connectivity index (χ1) is 9.72. The normalized spacial score (nSPS) is 15.6. The van der Waals surface area contributed by atoms with Crippen LogP contribution in [0.5, 0.6) is 0 Å². The molecule has 6 heteroatoms. The zero-order valence-corrected chi connectivity index (χ0v) is 12.4. The van der Waals surface area contributed by atoms with E-state index in [4.69, 9.17) is 10.00 Å². The highest BCUT2D eigenvalue weighted by Crippen LogP contribution is 2.21. The fourth-order valence-corrected chi connectivity index (χ4v) is 2.21. The molecule has 2 rings (SSSR count). The number of hydrogen-bond acceptors (Lipinski definition) is 4. The minimum Gasteiger partial charge on any atom is -0.378 e. The third kappa shape index (κ3) is 3.59. The Bertz CT molecular complexity index is 560. The zero-order chi connectivity index (χ0) is 14.4. The van der Waals surface area contributed by atoms with Crippen LogP contribution in [0.3, 0.4) is 0 Å². The second kappa shape index (κ2) is 7.08. The summed E-state index contributed by atoms with van der Waals surface area (Å²) in [6.45, 7) is 2.07. The Kier molecular flexibility index (Phi) is 5.16. The Morgan fingerprint density at radius 3 is 2.75 bits per heavy atom. The van der Waals surface area contributed by atoms with Crippen molar-refractivity contribution in [3.05, 3.63) is 40.5 Å². The van der Waals surface area contributed by atoms with Gasteiger partial charge in [-0.25, -0.2) is 0 Å². The monoisotopic (exact) mass is 335 g/mol. The van der Waals surface area contributed by atoms with Crippen LogP contribution in [-0.4, -0.2) is 37.1 Å². The number of amides is 1. The van der Waals surface area contributed by atoms with Crippen LogP contribution in [0.25, 0.3) is 0 Å². The highest BCUT2D eigenvalue weighted by atomic mass is 79.9. The largest absolute Gasteiger partial charge is 0.378 e. The lowest BCUT2D eigenvalue weighted by molar-refractivity contribution is -0.130. The van der Waals surface area contributed by atoms with E-state index in [2.05, 4.69) is 21.2 Å². The molecule has 1 aliphatic rings. The number of nitriles is 1. The van der Waals surface area contributed by atoms with Gasteiger partial charge in [-0.1, -0.05) is 12.1 Å². The molecule has 0 unspecified atom stereocenters. The van der Waals surface area contributed by atoms with Crippen LogP contribution in [0.4, 0.5) is 5.69 Å². The van der Waals surface area contributed by atoms with Gasteiger partial charge in [-0.3, -0.25) is 4.79 Å². The van der Waals surface area contributed by atoms with Crippen molar-refractivity contribution < 1.29 is 9.53 Å². The van der Waals surface area contributed by atoms with Gasteiger partial charge in [-0.05, 0) is 28.1 Å². The highest BCUT2D eigenvalue weighted by Gasteiger charge is 2.20. The van der Waals surface area contributed by atoms with E-state index in [1.54, 1.807) is 4.90 Å². The van der Waals surface area contributed by atoms with Crippen molar-refractivity contribution in [2.24, 2.45) is 0 Å². The number of para-hydroxylation sites is 1. The van der Waals surface area contributed by atoms with Crippen molar-refractivity contribution in [3.8, 4) is 6.07 Å². The fraction of sp³-hybridized carbons (Fsp3) is 0.286. The van der Waals surface area contributed by atoms with Crippen LogP contribution in [0.1, 0.15) is 0 Å². The van der Waals surface area contributed by atoms with E-state index >= 15 is 0 Å². The van der Waals surface area contributed by atoms with Crippen LogP contribution in [0.2, 0.25) is 0 Å². The van der Waals surface area contributed by atoms with E-state index < -0.39 is 0 Å². The van der Waals surface area contributed by atoms with E-state index in [9.17, 15) is 4.79 Å². The van der Waals surface area contributed by atoms with Gasteiger partial charge >= 0.3 is 0 Å². The van der Waals surface area contributed by atoms with Crippen LogP contribution in [0.15, 0.2) is 40.5 Å². The van der Waals surface area contributed by atoms with Gasteiger partial charge in [0.15, 0.2) is 0 Å². The second-order valence-corrected chi connectivity index (χ2v) is 5.05. The molecule has 0 saturated carbocycles. The Hall–Kier alpha value is -1.84. The molecule has 1 aliphatic heterocycles. The smallest absolute Gasteiger partial charge is 0.266 e.